The summed E-state index contributed by atoms with van der Waals surface area (Å²) in [6.45, 7) is 3.58. The maximum Gasteiger partial charge on any atom is 0.271 e. The van der Waals surface area contributed by atoms with E-state index in [1.165, 1.54) is 6.07 Å². The minimum atomic E-state index is -3.65. The molecule has 22 heavy (non-hydrogen) atoms. The van der Waals surface area contributed by atoms with Crippen molar-refractivity contribution in [3.8, 4) is 0 Å². The molecule has 0 saturated carbocycles. The van der Waals surface area contributed by atoms with Crippen molar-refractivity contribution in [2.75, 3.05) is 25.9 Å². The molecule has 0 spiro atoms. The highest BCUT2D eigenvalue weighted by atomic mass is 32.2. The highest BCUT2D eigenvalue weighted by molar-refractivity contribution is 7.90. The van der Waals surface area contributed by atoms with Gasteiger partial charge in [0.2, 0.25) is 0 Å². The molecule has 1 aromatic carbocycles. The van der Waals surface area contributed by atoms with Crippen molar-refractivity contribution in [2.45, 2.75) is 17.9 Å². The van der Waals surface area contributed by atoms with Crippen LogP contribution in [0.4, 0.5) is 5.69 Å². The molecule has 1 N–H and O–H groups in total. The number of benzene rings is 1. The van der Waals surface area contributed by atoms with Crippen molar-refractivity contribution in [1.29, 1.82) is 0 Å². The van der Waals surface area contributed by atoms with Gasteiger partial charge in [-0.3, -0.25) is 14.9 Å². The van der Waals surface area contributed by atoms with Crippen molar-refractivity contribution in [3.05, 3.63) is 33.9 Å². The Bertz CT molecular complexity index is 716. The number of nitro groups is 1. The first-order valence-electron chi connectivity index (χ1n) is 6.71. The summed E-state index contributed by atoms with van der Waals surface area (Å²) in [6, 6.07) is 3.21. The molecule has 0 radical (unpaired) electrons. The maximum atomic E-state index is 12.5. The van der Waals surface area contributed by atoms with Crippen molar-refractivity contribution < 1.29 is 18.1 Å². The molecule has 1 aliphatic heterocycles. The standard InChI is InChI=1S/C13H17N3O5S/c1-9-8-14-3-4-15(9)13(17)10-5-11(16(18)19)7-12(6-10)22(2,20)21/h5-7,9,14H,3-4,8H2,1-2H3. The largest absolute Gasteiger partial charge is 0.333 e. The van der Waals surface area contributed by atoms with E-state index in [0.717, 1.165) is 18.4 Å². The third kappa shape index (κ3) is 3.42. The molecule has 1 unspecified atom stereocenters. The Morgan fingerprint density at radius 2 is 2.09 bits per heavy atom. The number of hydrogen-bond acceptors (Lipinski definition) is 6. The number of amides is 1. The lowest BCUT2D eigenvalue weighted by Gasteiger charge is -2.34. The van der Waals surface area contributed by atoms with Gasteiger partial charge in [-0.2, -0.15) is 0 Å². The first kappa shape index (κ1) is 16.4. The van der Waals surface area contributed by atoms with Crippen LogP contribution in [0.25, 0.3) is 0 Å². The third-order valence-electron chi connectivity index (χ3n) is 3.54. The minimum Gasteiger partial charge on any atom is -0.333 e. The molecule has 2 rings (SSSR count). The van der Waals surface area contributed by atoms with Crippen LogP contribution in [-0.2, 0) is 9.84 Å². The second-order valence-corrected chi connectivity index (χ2v) is 7.31. The first-order chi connectivity index (χ1) is 10.2. The summed E-state index contributed by atoms with van der Waals surface area (Å²) in [5.74, 6) is -0.400. The zero-order valence-electron chi connectivity index (χ0n) is 12.3. The summed E-state index contributed by atoms with van der Waals surface area (Å²) in [4.78, 5) is 24.2. The van der Waals surface area contributed by atoms with Gasteiger partial charge in [0.25, 0.3) is 11.6 Å². The Balaban J connectivity index is 2.47. The van der Waals surface area contributed by atoms with E-state index in [0.29, 0.717) is 19.6 Å². The third-order valence-corrected chi connectivity index (χ3v) is 4.63. The van der Waals surface area contributed by atoms with Gasteiger partial charge in [-0.05, 0) is 13.0 Å². The number of sulfone groups is 1. The number of piperazine rings is 1. The fourth-order valence-corrected chi connectivity index (χ4v) is 3.01. The van der Waals surface area contributed by atoms with Crippen LogP contribution in [0, 0.1) is 10.1 Å². The molecular formula is C13H17N3O5S. The van der Waals surface area contributed by atoms with Gasteiger partial charge < -0.3 is 10.2 Å². The van der Waals surface area contributed by atoms with Crippen LogP contribution in [0.5, 0.6) is 0 Å². The van der Waals surface area contributed by atoms with Gasteiger partial charge in [0.15, 0.2) is 9.84 Å². The lowest BCUT2D eigenvalue weighted by molar-refractivity contribution is -0.385. The number of carbonyl (C=O) groups excluding carboxylic acids is 1. The maximum absolute atomic E-state index is 12.5. The predicted molar refractivity (Wildman–Crippen MR) is 79.6 cm³/mol. The number of carbonyl (C=O) groups is 1. The Morgan fingerprint density at radius 1 is 1.41 bits per heavy atom. The van der Waals surface area contributed by atoms with E-state index in [9.17, 15) is 23.3 Å². The molecule has 1 amide bonds. The highest BCUT2D eigenvalue weighted by Crippen LogP contribution is 2.22. The number of nitrogens with zero attached hydrogens (tertiary/aromatic N) is 2. The van der Waals surface area contributed by atoms with Crippen LogP contribution >= 0.6 is 0 Å². The molecule has 1 saturated heterocycles. The fraction of sp³-hybridized carbons (Fsp3) is 0.462. The Hall–Kier alpha value is -2.00. The average Bonchev–Trinajstić information content (AvgIpc) is 2.45. The summed E-state index contributed by atoms with van der Waals surface area (Å²) in [6.07, 6.45) is 0.952. The van der Waals surface area contributed by atoms with Crippen LogP contribution in [-0.4, -0.2) is 56.1 Å². The number of non-ortho nitro benzene ring substituents is 1. The molecule has 9 heteroatoms. The van der Waals surface area contributed by atoms with Gasteiger partial charge in [-0.1, -0.05) is 0 Å². The molecule has 120 valence electrons. The topological polar surface area (TPSA) is 110 Å². The molecular weight excluding hydrogens is 310 g/mol. The van der Waals surface area contributed by atoms with E-state index in [-0.39, 0.29) is 16.5 Å². The quantitative estimate of drug-likeness (QED) is 0.637. The van der Waals surface area contributed by atoms with Crippen LogP contribution < -0.4 is 5.32 Å². The van der Waals surface area contributed by atoms with Gasteiger partial charge in [-0.25, -0.2) is 8.42 Å². The molecule has 1 heterocycles. The Morgan fingerprint density at radius 3 is 2.64 bits per heavy atom. The van der Waals surface area contributed by atoms with Crippen molar-refractivity contribution in [1.82, 2.24) is 10.2 Å². The van der Waals surface area contributed by atoms with Crippen molar-refractivity contribution >= 4 is 21.4 Å². The van der Waals surface area contributed by atoms with E-state index in [2.05, 4.69) is 5.32 Å². The number of rotatable bonds is 3. The van der Waals surface area contributed by atoms with Crippen molar-refractivity contribution in [2.24, 2.45) is 0 Å². The Labute approximate surface area is 128 Å². The number of nitro benzene ring substituents is 1. The molecule has 1 fully saturated rings. The monoisotopic (exact) mass is 327 g/mol. The molecule has 0 aromatic heterocycles. The van der Waals surface area contributed by atoms with Crippen LogP contribution in [0.1, 0.15) is 17.3 Å². The molecule has 8 nitrogen and oxygen atoms in total. The van der Waals surface area contributed by atoms with E-state index in [4.69, 9.17) is 0 Å². The second-order valence-electron chi connectivity index (χ2n) is 5.30. The first-order valence-corrected chi connectivity index (χ1v) is 8.60. The lowest BCUT2D eigenvalue weighted by atomic mass is 10.1. The Kier molecular flexibility index (Phi) is 4.47. The molecule has 1 aliphatic rings. The van der Waals surface area contributed by atoms with Crippen LogP contribution in [0.3, 0.4) is 0 Å². The summed E-state index contributed by atoms with van der Waals surface area (Å²) < 4.78 is 23.3. The predicted octanol–water partition coefficient (Wildman–Crippen LogP) is 0.432. The number of nitrogens with one attached hydrogen (secondary N) is 1. The van der Waals surface area contributed by atoms with E-state index < -0.39 is 26.4 Å². The van der Waals surface area contributed by atoms with E-state index in [1.807, 2.05) is 6.92 Å². The van der Waals surface area contributed by atoms with Crippen LogP contribution in [0.15, 0.2) is 23.1 Å². The van der Waals surface area contributed by atoms with Gasteiger partial charge in [0.1, 0.15) is 0 Å². The average molecular weight is 327 g/mol. The summed E-state index contributed by atoms with van der Waals surface area (Å²) in [5, 5.41) is 14.1. The van der Waals surface area contributed by atoms with Gasteiger partial charge in [-0.15, -0.1) is 0 Å². The SMILES string of the molecule is CC1CNCCN1C(=O)c1cc([N+](=O)[O-])cc(S(C)(=O)=O)c1. The van der Waals surface area contributed by atoms with Crippen molar-refractivity contribution in [3.63, 3.8) is 0 Å². The van der Waals surface area contributed by atoms with Gasteiger partial charge in [0.05, 0.1) is 9.82 Å². The van der Waals surface area contributed by atoms with Gasteiger partial charge >= 0.3 is 0 Å². The summed E-state index contributed by atoms with van der Waals surface area (Å²) in [7, 11) is -3.65. The second kappa shape index (κ2) is 6.01. The summed E-state index contributed by atoms with van der Waals surface area (Å²) in [5.41, 5.74) is -0.391. The lowest BCUT2D eigenvalue weighted by Crippen LogP contribution is -2.52. The zero-order chi connectivity index (χ0) is 16.5. The normalized spacial score (nSPS) is 19.0. The summed E-state index contributed by atoms with van der Waals surface area (Å²) >= 11 is 0. The number of hydrogen-bond donors (Lipinski definition) is 1. The van der Waals surface area contributed by atoms with Gasteiger partial charge in [0, 0.05) is 49.6 Å². The zero-order valence-corrected chi connectivity index (χ0v) is 13.1. The molecule has 1 aromatic rings. The molecule has 0 aliphatic carbocycles. The van der Waals surface area contributed by atoms with E-state index in [1.54, 1.807) is 4.90 Å². The molecule has 0 bridgehead atoms. The van der Waals surface area contributed by atoms with Crippen LogP contribution in [0.2, 0.25) is 0 Å². The smallest absolute Gasteiger partial charge is 0.271 e. The van der Waals surface area contributed by atoms with E-state index >= 15 is 0 Å². The molecule has 1 atom stereocenters. The fourth-order valence-electron chi connectivity index (χ4n) is 2.33. The minimum absolute atomic E-state index is 0.0170. The highest BCUT2D eigenvalue weighted by Gasteiger charge is 2.26.